The molecule has 2 aromatic heterocycles. The normalized spacial score (nSPS) is 13.3. The summed E-state index contributed by atoms with van der Waals surface area (Å²) in [7, 11) is 1.85. The predicted molar refractivity (Wildman–Crippen MR) is 108 cm³/mol. The van der Waals surface area contributed by atoms with Gasteiger partial charge in [-0.15, -0.1) is 0 Å². The lowest BCUT2D eigenvalue weighted by Crippen LogP contribution is -2.38. The van der Waals surface area contributed by atoms with E-state index in [4.69, 9.17) is 11.5 Å². The van der Waals surface area contributed by atoms with Gasteiger partial charge in [-0.2, -0.15) is 5.10 Å². The first-order valence-electron chi connectivity index (χ1n) is 9.01. The van der Waals surface area contributed by atoms with Crippen molar-refractivity contribution in [2.75, 3.05) is 10.6 Å². The predicted octanol–water partition coefficient (Wildman–Crippen LogP) is 2.49. The molecule has 1 amide bonds. The van der Waals surface area contributed by atoms with Crippen LogP contribution < -0.4 is 22.1 Å². The van der Waals surface area contributed by atoms with E-state index < -0.39 is 11.7 Å². The molecule has 0 saturated carbocycles. The third kappa shape index (κ3) is 3.89. The Labute approximate surface area is 162 Å². The van der Waals surface area contributed by atoms with Crippen LogP contribution in [0.5, 0.6) is 0 Å². The summed E-state index contributed by atoms with van der Waals surface area (Å²) in [4.78, 5) is 16.1. The number of hydrogen-bond donors (Lipinski definition) is 4. The summed E-state index contributed by atoms with van der Waals surface area (Å²) in [6.07, 6.45) is 2.42. The highest BCUT2D eigenvalue weighted by Gasteiger charge is 2.19. The molecule has 0 bridgehead atoms. The van der Waals surface area contributed by atoms with E-state index in [1.54, 1.807) is 10.9 Å². The summed E-state index contributed by atoms with van der Waals surface area (Å²) in [5.41, 5.74) is 12.9. The highest BCUT2D eigenvalue weighted by Crippen LogP contribution is 2.26. The van der Waals surface area contributed by atoms with E-state index >= 15 is 0 Å². The number of carbonyl (C=O) groups is 1. The number of benzene rings is 1. The number of nitrogens with zero attached hydrogens (tertiary/aromatic N) is 3. The first-order valence-corrected chi connectivity index (χ1v) is 9.01. The van der Waals surface area contributed by atoms with Gasteiger partial charge in [0.1, 0.15) is 5.82 Å². The number of nitrogens with two attached hydrogens (primary N) is 2. The van der Waals surface area contributed by atoms with E-state index in [1.807, 2.05) is 39.1 Å². The molecule has 2 atom stereocenters. The summed E-state index contributed by atoms with van der Waals surface area (Å²) in [5.74, 6) is -1.26. The first-order chi connectivity index (χ1) is 13.3. The van der Waals surface area contributed by atoms with E-state index in [0.717, 1.165) is 17.0 Å². The minimum atomic E-state index is -0.776. The van der Waals surface area contributed by atoms with Gasteiger partial charge in [0.05, 0.1) is 17.3 Å². The van der Waals surface area contributed by atoms with Crippen molar-refractivity contribution in [1.82, 2.24) is 14.8 Å². The molecule has 1 aromatic carbocycles. The van der Waals surface area contributed by atoms with Crippen molar-refractivity contribution >= 4 is 34.1 Å². The fraction of sp³-hybridized carbons (Fsp3) is 0.316. The molecule has 6 N–H and O–H groups in total. The van der Waals surface area contributed by atoms with Gasteiger partial charge in [-0.1, -0.05) is 6.92 Å². The molecule has 28 heavy (non-hydrogen) atoms. The number of hydrogen-bond acceptors (Lipinski definition) is 6. The van der Waals surface area contributed by atoms with Crippen molar-refractivity contribution in [3.63, 3.8) is 0 Å². The molecule has 0 aliphatic rings. The molecule has 0 aliphatic heterocycles. The zero-order chi connectivity index (χ0) is 20.4. The quantitative estimate of drug-likeness (QED) is 0.495. The molecule has 2 heterocycles. The zero-order valence-corrected chi connectivity index (χ0v) is 16.0. The number of aromatic nitrogens is 3. The van der Waals surface area contributed by atoms with Gasteiger partial charge in [0.2, 0.25) is 0 Å². The average Bonchev–Trinajstić information content (AvgIpc) is 3.01. The number of rotatable bonds is 7. The van der Waals surface area contributed by atoms with Crippen molar-refractivity contribution in [2.45, 2.75) is 32.4 Å². The van der Waals surface area contributed by atoms with Crippen LogP contribution in [-0.4, -0.2) is 32.8 Å². The number of carbonyl (C=O) groups excluding carboxylic acids is 1. The van der Waals surface area contributed by atoms with Crippen molar-refractivity contribution in [2.24, 2.45) is 18.5 Å². The van der Waals surface area contributed by atoms with Gasteiger partial charge in [-0.25, -0.2) is 9.37 Å². The van der Waals surface area contributed by atoms with Gasteiger partial charge in [-0.05, 0) is 37.6 Å². The lowest BCUT2D eigenvalue weighted by Gasteiger charge is -2.22. The second-order valence-electron chi connectivity index (χ2n) is 6.76. The molecule has 0 aliphatic carbocycles. The fourth-order valence-electron chi connectivity index (χ4n) is 3.03. The molecule has 148 valence electrons. The molecular weight excluding hydrogens is 361 g/mol. The smallest absolute Gasteiger partial charge is 0.252 e. The first kappa shape index (κ1) is 19.6. The molecule has 0 spiro atoms. The Kier molecular flexibility index (Phi) is 5.46. The molecule has 3 rings (SSSR count). The Hall–Kier alpha value is -3.20. The number of pyridine rings is 1. The third-order valence-corrected chi connectivity index (χ3v) is 4.65. The number of anilines is 3. The van der Waals surface area contributed by atoms with Crippen molar-refractivity contribution < 1.29 is 9.18 Å². The summed E-state index contributed by atoms with van der Waals surface area (Å²) in [6.45, 7) is 3.78. The Morgan fingerprint density at radius 3 is 2.71 bits per heavy atom. The summed E-state index contributed by atoms with van der Waals surface area (Å²) in [5, 5.41) is 11.2. The molecule has 3 aromatic rings. The zero-order valence-electron chi connectivity index (χ0n) is 16.0. The Balaban J connectivity index is 1.99. The van der Waals surface area contributed by atoms with Crippen molar-refractivity contribution in [3.8, 4) is 0 Å². The number of nitrogens with one attached hydrogen (secondary N) is 2. The largest absolute Gasteiger partial charge is 0.365 e. The molecule has 9 heteroatoms. The maximum Gasteiger partial charge on any atom is 0.252 e. The summed E-state index contributed by atoms with van der Waals surface area (Å²) >= 11 is 0. The van der Waals surface area contributed by atoms with Crippen LogP contribution in [0.4, 0.5) is 21.7 Å². The highest BCUT2D eigenvalue weighted by atomic mass is 19.1. The minimum Gasteiger partial charge on any atom is -0.365 e. The minimum absolute atomic E-state index is 0.0131. The van der Waals surface area contributed by atoms with Gasteiger partial charge in [0.25, 0.3) is 5.91 Å². The van der Waals surface area contributed by atoms with Crippen molar-refractivity contribution in [3.05, 3.63) is 41.8 Å². The number of fused-ring (bicyclic) bond motifs is 1. The molecule has 0 radical (unpaired) electrons. The van der Waals surface area contributed by atoms with Crippen LogP contribution in [0.1, 0.15) is 30.6 Å². The Morgan fingerprint density at radius 1 is 1.32 bits per heavy atom. The monoisotopic (exact) mass is 385 g/mol. The van der Waals surface area contributed by atoms with Gasteiger partial charge < -0.3 is 22.1 Å². The van der Waals surface area contributed by atoms with Gasteiger partial charge >= 0.3 is 0 Å². The van der Waals surface area contributed by atoms with E-state index in [2.05, 4.69) is 20.7 Å². The van der Waals surface area contributed by atoms with Crippen LogP contribution in [0, 0.1) is 5.82 Å². The average molecular weight is 385 g/mol. The second kappa shape index (κ2) is 7.81. The van der Waals surface area contributed by atoms with Crippen LogP contribution in [0.2, 0.25) is 0 Å². The number of primary amides is 1. The third-order valence-electron chi connectivity index (χ3n) is 4.65. The van der Waals surface area contributed by atoms with Crippen LogP contribution >= 0.6 is 0 Å². The lowest BCUT2D eigenvalue weighted by molar-refractivity contribution is 0.100. The van der Waals surface area contributed by atoms with E-state index in [1.165, 1.54) is 0 Å². The lowest BCUT2D eigenvalue weighted by atomic mass is 10.1. The molecule has 8 nitrogen and oxygen atoms in total. The highest BCUT2D eigenvalue weighted by molar-refractivity contribution is 5.99. The van der Waals surface area contributed by atoms with Gasteiger partial charge in [0, 0.05) is 30.2 Å². The van der Waals surface area contributed by atoms with Crippen LogP contribution in [0.15, 0.2) is 30.5 Å². The van der Waals surface area contributed by atoms with E-state index in [9.17, 15) is 9.18 Å². The Bertz CT molecular complexity index is 1010. The topological polar surface area (TPSA) is 124 Å². The van der Waals surface area contributed by atoms with E-state index in [-0.39, 0.29) is 29.3 Å². The SMILES string of the molecule is CC[C@@H](Nc1nc(Nc2ccc3c(cnn3C)c2)c(C(N)=O)cc1F)[C@H](C)N. The number of amides is 1. The molecule has 0 fully saturated rings. The van der Waals surface area contributed by atoms with E-state index in [0.29, 0.717) is 12.1 Å². The molecule has 0 unspecified atom stereocenters. The second-order valence-corrected chi connectivity index (χ2v) is 6.76. The van der Waals surface area contributed by atoms with Crippen LogP contribution in [-0.2, 0) is 7.05 Å². The Morgan fingerprint density at radius 2 is 2.07 bits per heavy atom. The summed E-state index contributed by atoms with van der Waals surface area (Å²) in [6, 6.07) is 6.29. The maximum absolute atomic E-state index is 14.5. The maximum atomic E-state index is 14.5. The molecular formula is C19H24FN7O. The number of aryl methyl sites for hydroxylation is 1. The number of halogens is 1. The van der Waals surface area contributed by atoms with Gasteiger partial charge in [-0.3, -0.25) is 9.48 Å². The van der Waals surface area contributed by atoms with Crippen LogP contribution in [0.3, 0.4) is 0 Å². The van der Waals surface area contributed by atoms with Crippen LogP contribution in [0.25, 0.3) is 10.9 Å². The van der Waals surface area contributed by atoms with Gasteiger partial charge in [0.15, 0.2) is 11.6 Å². The van der Waals surface area contributed by atoms with Crippen molar-refractivity contribution in [1.29, 1.82) is 0 Å². The summed E-state index contributed by atoms with van der Waals surface area (Å²) < 4.78 is 16.2. The standard InChI is InChI=1S/C19H24FN7O/c1-4-15(10(2)21)25-19-14(20)8-13(17(22)28)18(26-19)24-12-5-6-16-11(7-12)9-23-27(16)3/h5-10,15H,4,21H2,1-3H3,(H2,22,28)(H2,24,25,26)/t10-,15+/m0/s1. The fourth-order valence-corrected chi connectivity index (χ4v) is 3.03. The molecule has 0 saturated heterocycles.